The lowest BCUT2D eigenvalue weighted by Gasteiger charge is -2.10. The third kappa shape index (κ3) is 2.30. The number of nitrogens with zero attached hydrogens (tertiary/aromatic N) is 4. The van der Waals surface area contributed by atoms with Crippen molar-refractivity contribution in [3.63, 3.8) is 0 Å². The molecule has 2 heterocycles. The predicted octanol–water partition coefficient (Wildman–Crippen LogP) is 1.06. The Morgan fingerprint density at radius 3 is 2.82 bits per heavy atom. The smallest absolute Gasteiger partial charge is 0.387 e. The van der Waals surface area contributed by atoms with Gasteiger partial charge in [-0.15, -0.1) is 0 Å². The Morgan fingerprint density at radius 2 is 2.24 bits per heavy atom. The standard InChI is InChI=1S/C9H9F2N5O/c1-16-14-4-6(15-16)5-2-3-13-8(12)7(5)17-9(10)11/h2-4,9H,1H3,(H2,12,13). The Labute approximate surface area is 95.0 Å². The molecule has 0 aromatic carbocycles. The molecule has 2 rings (SSSR count). The van der Waals surface area contributed by atoms with Crippen molar-refractivity contribution in [2.24, 2.45) is 7.05 Å². The average Bonchev–Trinajstić information content (AvgIpc) is 2.67. The molecule has 0 aliphatic rings. The van der Waals surface area contributed by atoms with Crippen LogP contribution in [0.1, 0.15) is 0 Å². The summed E-state index contributed by atoms with van der Waals surface area (Å²) in [5.74, 6) is -0.309. The Hall–Kier alpha value is -2.25. The first kappa shape index (κ1) is 11.2. The topological polar surface area (TPSA) is 78.9 Å². The first-order valence-electron chi connectivity index (χ1n) is 4.64. The van der Waals surface area contributed by atoms with Gasteiger partial charge in [0.15, 0.2) is 11.6 Å². The fourth-order valence-electron chi connectivity index (χ4n) is 1.35. The molecule has 0 atom stereocenters. The molecule has 0 spiro atoms. The number of hydrogen-bond acceptors (Lipinski definition) is 5. The average molecular weight is 241 g/mol. The van der Waals surface area contributed by atoms with Crippen LogP contribution in [0.3, 0.4) is 0 Å². The van der Waals surface area contributed by atoms with Gasteiger partial charge in [-0.3, -0.25) is 0 Å². The van der Waals surface area contributed by atoms with Crippen LogP contribution in [0.2, 0.25) is 0 Å². The van der Waals surface area contributed by atoms with Crippen molar-refractivity contribution in [2.45, 2.75) is 6.61 Å². The fraction of sp³-hybridized carbons (Fsp3) is 0.222. The summed E-state index contributed by atoms with van der Waals surface area (Å²) in [6.45, 7) is -2.98. The molecule has 0 fully saturated rings. The lowest BCUT2D eigenvalue weighted by molar-refractivity contribution is -0.0491. The number of aromatic nitrogens is 4. The minimum atomic E-state index is -2.98. The van der Waals surface area contributed by atoms with Crippen molar-refractivity contribution in [2.75, 3.05) is 5.73 Å². The fourth-order valence-corrected chi connectivity index (χ4v) is 1.35. The number of aryl methyl sites for hydroxylation is 1. The second-order valence-corrected chi connectivity index (χ2v) is 3.17. The third-order valence-corrected chi connectivity index (χ3v) is 2.01. The van der Waals surface area contributed by atoms with Gasteiger partial charge in [0, 0.05) is 13.2 Å². The number of alkyl halides is 2. The van der Waals surface area contributed by atoms with Crippen LogP contribution >= 0.6 is 0 Å². The van der Waals surface area contributed by atoms with Crippen LogP contribution in [0.4, 0.5) is 14.6 Å². The second-order valence-electron chi connectivity index (χ2n) is 3.17. The van der Waals surface area contributed by atoms with E-state index in [1.807, 2.05) is 0 Å². The molecular formula is C9H9F2N5O. The van der Waals surface area contributed by atoms with E-state index in [0.29, 0.717) is 11.3 Å². The molecule has 0 aliphatic carbocycles. The third-order valence-electron chi connectivity index (χ3n) is 2.01. The minimum Gasteiger partial charge on any atom is -0.430 e. The van der Waals surface area contributed by atoms with Crippen molar-refractivity contribution in [3.05, 3.63) is 18.5 Å². The quantitative estimate of drug-likeness (QED) is 0.869. The van der Waals surface area contributed by atoms with E-state index in [2.05, 4.69) is 19.9 Å². The molecule has 0 bridgehead atoms. The Bertz CT molecular complexity index is 528. The molecule has 0 saturated heterocycles. The number of halogens is 2. The maximum Gasteiger partial charge on any atom is 0.387 e. The van der Waals surface area contributed by atoms with Crippen LogP contribution in [0.5, 0.6) is 5.75 Å². The van der Waals surface area contributed by atoms with E-state index in [1.54, 1.807) is 7.05 Å². The van der Waals surface area contributed by atoms with Crippen LogP contribution in [0.15, 0.2) is 18.5 Å². The molecule has 0 unspecified atom stereocenters. The molecule has 8 heteroatoms. The van der Waals surface area contributed by atoms with Crippen molar-refractivity contribution in [1.82, 2.24) is 20.0 Å². The van der Waals surface area contributed by atoms with Gasteiger partial charge < -0.3 is 10.5 Å². The van der Waals surface area contributed by atoms with E-state index < -0.39 is 6.61 Å². The van der Waals surface area contributed by atoms with Crippen LogP contribution in [0, 0.1) is 0 Å². The SMILES string of the molecule is Cn1ncc(-c2ccnc(N)c2OC(F)F)n1. The lowest BCUT2D eigenvalue weighted by Crippen LogP contribution is -2.07. The first-order valence-corrected chi connectivity index (χ1v) is 4.64. The van der Waals surface area contributed by atoms with Gasteiger partial charge in [0.25, 0.3) is 0 Å². The van der Waals surface area contributed by atoms with Crippen molar-refractivity contribution < 1.29 is 13.5 Å². The zero-order valence-electron chi connectivity index (χ0n) is 8.84. The molecular weight excluding hydrogens is 232 g/mol. The summed E-state index contributed by atoms with van der Waals surface area (Å²) in [5.41, 5.74) is 6.20. The van der Waals surface area contributed by atoms with Crippen molar-refractivity contribution in [1.29, 1.82) is 0 Å². The largest absolute Gasteiger partial charge is 0.430 e. The van der Waals surface area contributed by atoms with Crippen LogP contribution < -0.4 is 10.5 Å². The maximum absolute atomic E-state index is 12.3. The van der Waals surface area contributed by atoms with Gasteiger partial charge in [-0.1, -0.05) is 0 Å². The summed E-state index contributed by atoms with van der Waals surface area (Å²) in [6.07, 6.45) is 2.81. The zero-order valence-corrected chi connectivity index (χ0v) is 8.84. The Balaban J connectivity index is 2.49. The molecule has 0 aliphatic heterocycles. The van der Waals surface area contributed by atoms with Gasteiger partial charge in [-0.05, 0) is 6.07 Å². The van der Waals surface area contributed by atoms with Crippen LogP contribution in [-0.2, 0) is 7.05 Å². The van der Waals surface area contributed by atoms with E-state index in [4.69, 9.17) is 5.73 Å². The molecule has 2 aromatic heterocycles. The summed E-state index contributed by atoms with van der Waals surface area (Å²) in [7, 11) is 1.61. The highest BCUT2D eigenvalue weighted by molar-refractivity contribution is 5.72. The molecule has 0 amide bonds. The number of hydrogen-bond donors (Lipinski definition) is 1. The van der Waals surface area contributed by atoms with Crippen LogP contribution in [0.25, 0.3) is 11.3 Å². The van der Waals surface area contributed by atoms with Gasteiger partial charge in [0.05, 0.1) is 11.8 Å². The number of anilines is 1. The van der Waals surface area contributed by atoms with Gasteiger partial charge in [-0.2, -0.15) is 23.8 Å². The van der Waals surface area contributed by atoms with E-state index in [0.717, 1.165) is 0 Å². The molecule has 0 radical (unpaired) electrons. The Morgan fingerprint density at radius 1 is 1.47 bits per heavy atom. The molecule has 90 valence electrons. The first-order chi connectivity index (χ1) is 8.08. The van der Waals surface area contributed by atoms with E-state index in [1.165, 1.54) is 23.3 Å². The summed E-state index contributed by atoms with van der Waals surface area (Å²) in [6, 6.07) is 1.48. The van der Waals surface area contributed by atoms with E-state index in [-0.39, 0.29) is 11.6 Å². The Kier molecular flexibility index (Phi) is 2.86. The van der Waals surface area contributed by atoms with Gasteiger partial charge in [0.2, 0.25) is 0 Å². The summed E-state index contributed by atoms with van der Waals surface area (Å²) in [4.78, 5) is 4.99. The van der Waals surface area contributed by atoms with E-state index in [9.17, 15) is 8.78 Å². The number of nitrogens with two attached hydrogens (primary N) is 1. The highest BCUT2D eigenvalue weighted by atomic mass is 19.3. The second kappa shape index (κ2) is 4.32. The zero-order chi connectivity index (χ0) is 12.4. The highest BCUT2D eigenvalue weighted by Crippen LogP contribution is 2.33. The molecule has 17 heavy (non-hydrogen) atoms. The maximum atomic E-state index is 12.3. The number of rotatable bonds is 3. The molecule has 2 aromatic rings. The van der Waals surface area contributed by atoms with Crippen LogP contribution in [-0.4, -0.2) is 26.6 Å². The number of ether oxygens (including phenoxy) is 1. The number of nitrogen functional groups attached to an aromatic ring is 1. The van der Waals surface area contributed by atoms with E-state index >= 15 is 0 Å². The van der Waals surface area contributed by atoms with Gasteiger partial charge in [0.1, 0.15) is 5.69 Å². The molecule has 0 saturated carbocycles. The van der Waals surface area contributed by atoms with Crippen molar-refractivity contribution >= 4 is 5.82 Å². The summed E-state index contributed by atoms with van der Waals surface area (Å²) < 4.78 is 28.9. The molecule has 6 nitrogen and oxygen atoms in total. The predicted molar refractivity (Wildman–Crippen MR) is 55.3 cm³/mol. The lowest BCUT2D eigenvalue weighted by atomic mass is 10.2. The summed E-state index contributed by atoms with van der Waals surface area (Å²) in [5, 5.41) is 7.83. The number of pyridine rings is 1. The summed E-state index contributed by atoms with van der Waals surface area (Å²) >= 11 is 0. The van der Waals surface area contributed by atoms with Gasteiger partial charge >= 0.3 is 6.61 Å². The van der Waals surface area contributed by atoms with Gasteiger partial charge in [-0.25, -0.2) is 4.98 Å². The highest BCUT2D eigenvalue weighted by Gasteiger charge is 2.17. The molecule has 2 N–H and O–H groups in total. The monoisotopic (exact) mass is 241 g/mol. The van der Waals surface area contributed by atoms with Crippen molar-refractivity contribution in [3.8, 4) is 17.0 Å². The normalized spacial score (nSPS) is 10.8. The minimum absolute atomic E-state index is 0.117.